The Morgan fingerprint density at radius 1 is 1.28 bits per heavy atom. The first-order chi connectivity index (χ1) is 12.1. The molecule has 0 bridgehead atoms. The number of hydrogen-bond acceptors (Lipinski definition) is 6. The van der Waals surface area contributed by atoms with Gasteiger partial charge in [-0.2, -0.15) is 5.26 Å². The van der Waals surface area contributed by atoms with Crippen LogP contribution in [0.25, 0.3) is 11.5 Å². The fourth-order valence-corrected chi connectivity index (χ4v) is 3.10. The van der Waals surface area contributed by atoms with E-state index in [4.69, 9.17) is 19.2 Å². The highest BCUT2D eigenvalue weighted by Crippen LogP contribution is 2.34. The van der Waals surface area contributed by atoms with Gasteiger partial charge in [0, 0.05) is 12.5 Å². The van der Waals surface area contributed by atoms with Gasteiger partial charge in [0.1, 0.15) is 17.3 Å². The van der Waals surface area contributed by atoms with Crippen LogP contribution in [0.15, 0.2) is 22.6 Å². The molecule has 2 aromatic rings. The van der Waals surface area contributed by atoms with Gasteiger partial charge in [-0.05, 0) is 51.1 Å². The number of ether oxygens (including phenoxy) is 2. The van der Waals surface area contributed by atoms with Gasteiger partial charge in [-0.15, -0.1) is 0 Å². The van der Waals surface area contributed by atoms with Crippen LogP contribution < -0.4 is 9.47 Å². The molecule has 0 aliphatic carbocycles. The predicted molar refractivity (Wildman–Crippen MR) is 93.4 cm³/mol. The molecule has 0 unspecified atom stereocenters. The van der Waals surface area contributed by atoms with Crippen molar-refractivity contribution in [2.24, 2.45) is 5.92 Å². The second-order valence-electron chi connectivity index (χ2n) is 6.27. The zero-order valence-corrected chi connectivity index (χ0v) is 14.9. The molecule has 0 amide bonds. The number of likely N-dealkylation sites (tertiary alicyclic amines) is 1. The van der Waals surface area contributed by atoms with Gasteiger partial charge in [-0.25, -0.2) is 4.98 Å². The maximum Gasteiger partial charge on any atom is 0.230 e. The number of nitriles is 1. The Balaban J connectivity index is 1.80. The minimum atomic E-state index is 0.186. The second kappa shape index (κ2) is 7.58. The van der Waals surface area contributed by atoms with E-state index in [1.54, 1.807) is 14.2 Å². The molecule has 1 saturated heterocycles. The average Bonchev–Trinajstić information content (AvgIpc) is 3.02. The normalized spacial score (nSPS) is 15.8. The van der Waals surface area contributed by atoms with E-state index in [-0.39, 0.29) is 5.92 Å². The zero-order chi connectivity index (χ0) is 17.8. The van der Waals surface area contributed by atoms with Crippen LogP contribution >= 0.6 is 0 Å². The van der Waals surface area contributed by atoms with E-state index in [2.05, 4.69) is 16.0 Å². The minimum Gasteiger partial charge on any atom is -0.497 e. The van der Waals surface area contributed by atoms with E-state index in [1.807, 2.05) is 25.1 Å². The quantitative estimate of drug-likeness (QED) is 0.830. The molecule has 1 aliphatic rings. The molecule has 6 nitrogen and oxygen atoms in total. The van der Waals surface area contributed by atoms with Crippen LogP contribution in [0.5, 0.6) is 11.5 Å². The van der Waals surface area contributed by atoms with Crippen molar-refractivity contribution in [2.75, 3.05) is 27.3 Å². The van der Waals surface area contributed by atoms with E-state index < -0.39 is 0 Å². The lowest BCUT2D eigenvalue weighted by Gasteiger charge is -2.28. The number of hydrogen-bond donors (Lipinski definition) is 0. The summed E-state index contributed by atoms with van der Waals surface area (Å²) in [6, 6.07) is 7.92. The number of aryl methyl sites for hydroxylation is 1. The Bertz CT molecular complexity index is 771. The van der Waals surface area contributed by atoms with Crippen LogP contribution in [0.3, 0.4) is 0 Å². The summed E-state index contributed by atoms with van der Waals surface area (Å²) in [4.78, 5) is 7.01. The van der Waals surface area contributed by atoms with Gasteiger partial charge < -0.3 is 13.9 Å². The Kier molecular flexibility index (Phi) is 5.25. The molecule has 1 fully saturated rings. The maximum atomic E-state index is 9.01. The number of aromatic nitrogens is 1. The highest BCUT2D eigenvalue weighted by atomic mass is 16.5. The molecule has 1 aromatic carbocycles. The zero-order valence-electron chi connectivity index (χ0n) is 14.9. The minimum absolute atomic E-state index is 0.186. The van der Waals surface area contributed by atoms with Crippen molar-refractivity contribution >= 4 is 0 Å². The summed E-state index contributed by atoms with van der Waals surface area (Å²) in [5, 5.41) is 9.01. The van der Waals surface area contributed by atoms with E-state index in [0.717, 1.165) is 55.2 Å². The van der Waals surface area contributed by atoms with E-state index in [1.165, 1.54) is 0 Å². The summed E-state index contributed by atoms with van der Waals surface area (Å²) < 4.78 is 16.6. The Labute approximate surface area is 148 Å². The number of piperidine rings is 1. The van der Waals surface area contributed by atoms with Gasteiger partial charge in [0.15, 0.2) is 0 Å². The van der Waals surface area contributed by atoms with Gasteiger partial charge in [-0.1, -0.05) is 0 Å². The predicted octanol–water partition coefficient (Wildman–Crippen LogP) is 3.40. The molecule has 0 spiro atoms. The van der Waals surface area contributed by atoms with Gasteiger partial charge in [0.05, 0.1) is 31.5 Å². The van der Waals surface area contributed by atoms with Gasteiger partial charge in [-0.3, -0.25) is 4.90 Å². The standard InChI is InChI=1S/C19H23N3O3/c1-13-17(12-22-8-6-14(11-20)7-9-22)21-19(25-13)16-10-15(23-2)4-5-18(16)24-3/h4-5,10,14H,6-9,12H2,1-3H3. The summed E-state index contributed by atoms with van der Waals surface area (Å²) in [5.41, 5.74) is 1.70. The van der Waals surface area contributed by atoms with Crippen LogP contribution in [0.1, 0.15) is 24.3 Å². The number of oxazole rings is 1. The lowest BCUT2D eigenvalue weighted by Crippen LogP contribution is -2.33. The van der Waals surface area contributed by atoms with E-state index in [9.17, 15) is 0 Å². The molecule has 0 atom stereocenters. The van der Waals surface area contributed by atoms with Crippen molar-refractivity contribution in [2.45, 2.75) is 26.3 Å². The first kappa shape index (κ1) is 17.3. The first-order valence-corrected chi connectivity index (χ1v) is 8.45. The van der Waals surface area contributed by atoms with Gasteiger partial charge in [0.2, 0.25) is 5.89 Å². The molecule has 3 rings (SSSR count). The van der Waals surface area contributed by atoms with Crippen LogP contribution in [0.4, 0.5) is 0 Å². The van der Waals surface area contributed by atoms with Crippen LogP contribution in [0, 0.1) is 24.2 Å². The van der Waals surface area contributed by atoms with Crippen LogP contribution in [-0.4, -0.2) is 37.2 Å². The molecule has 6 heteroatoms. The SMILES string of the molecule is COc1ccc(OC)c(-c2nc(CN3CCC(C#N)CC3)c(C)o2)c1. The summed E-state index contributed by atoms with van der Waals surface area (Å²) in [7, 11) is 3.25. The smallest absolute Gasteiger partial charge is 0.230 e. The molecule has 0 N–H and O–H groups in total. The van der Waals surface area contributed by atoms with Crippen molar-refractivity contribution in [3.63, 3.8) is 0 Å². The van der Waals surface area contributed by atoms with Gasteiger partial charge in [0.25, 0.3) is 0 Å². The fourth-order valence-electron chi connectivity index (χ4n) is 3.10. The molecular weight excluding hydrogens is 318 g/mol. The third kappa shape index (κ3) is 3.77. The summed E-state index contributed by atoms with van der Waals surface area (Å²) >= 11 is 0. The van der Waals surface area contributed by atoms with Crippen molar-refractivity contribution < 1.29 is 13.9 Å². The molecule has 0 saturated carbocycles. The largest absolute Gasteiger partial charge is 0.497 e. The highest BCUT2D eigenvalue weighted by molar-refractivity contribution is 5.65. The number of rotatable bonds is 5. The Morgan fingerprint density at radius 3 is 2.68 bits per heavy atom. The second-order valence-corrected chi connectivity index (χ2v) is 6.27. The average molecular weight is 341 g/mol. The number of nitrogens with zero attached hydrogens (tertiary/aromatic N) is 3. The lowest BCUT2D eigenvalue weighted by molar-refractivity contribution is 0.195. The van der Waals surface area contributed by atoms with Crippen molar-refractivity contribution in [3.05, 3.63) is 29.7 Å². The lowest BCUT2D eigenvalue weighted by atomic mass is 9.98. The third-order valence-corrected chi connectivity index (χ3v) is 4.67. The number of methoxy groups -OCH3 is 2. The van der Waals surface area contributed by atoms with Gasteiger partial charge >= 0.3 is 0 Å². The Hall–Kier alpha value is -2.52. The highest BCUT2D eigenvalue weighted by Gasteiger charge is 2.22. The van der Waals surface area contributed by atoms with E-state index >= 15 is 0 Å². The first-order valence-electron chi connectivity index (χ1n) is 8.45. The molecule has 25 heavy (non-hydrogen) atoms. The van der Waals surface area contributed by atoms with Crippen LogP contribution in [-0.2, 0) is 6.54 Å². The Morgan fingerprint density at radius 2 is 2.04 bits per heavy atom. The summed E-state index contributed by atoms with van der Waals surface area (Å²) in [6.07, 6.45) is 1.84. The molecule has 1 aliphatic heterocycles. The molecule has 0 radical (unpaired) electrons. The third-order valence-electron chi connectivity index (χ3n) is 4.67. The number of benzene rings is 1. The van der Waals surface area contributed by atoms with Crippen LogP contribution in [0.2, 0.25) is 0 Å². The summed E-state index contributed by atoms with van der Waals surface area (Å²) in [6.45, 7) is 4.50. The van der Waals surface area contributed by atoms with Crippen molar-refractivity contribution in [3.8, 4) is 29.0 Å². The maximum absolute atomic E-state index is 9.01. The van der Waals surface area contributed by atoms with E-state index in [0.29, 0.717) is 11.6 Å². The molecule has 132 valence electrons. The van der Waals surface area contributed by atoms with Crippen molar-refractivity contribution in [1.29, 1.82) is 5.26 Å². The molecule has 2 heterocycles. The molecular formula is C19H23N3O3. The topological polar surface area (TPSA) is 71.5 Å². The summed E-state index contributed by atoms with van der Waals surface area (Å²) in [5.74, 6) is 2.96. The fraction of sp³-hybridized carbons (Fsp3) is 0.474. The molecule has 1 aromatic heterocycles. The van der Waals surface area contributed by atoms with Crippen molar-refractivity contribution in [1.82, 2.24) is 9.88 Å². The monoisotopic (exact) mass is 341 g/mol.